The number of alkyl halides is 6. The van der Waals surface area contributed by atoms with E-state index in [0.29, 0.717) is 65.9 Å². The van der Waals surface area contributed by atoms with E-state index in [4.69, 9.17) is 9.47 Å². The van der Waals surface area contributed by atoms with E-state index < -0.39 is 77.5 Å². The summed E-state index contributed by atoms with van der Waals surface area (Å²) in [6.45, 7) is 12.1. The molecule has 20 heteroatoms. The number of halogens is 6. The number of sulfone groups is 2. The largest absolute Gasteiger partial charge is 0.459 e. The number of esters is 2. The van der Waals surface area contributed by atoms with Crippen LogP contribution < -0.4 is 5.32 Å². The smallest absolute Gasteiger partial charge is 0.389 e. The van der Waals surface area contributed by atoms with E-state index in [1.54, 1.807) is 96.3 Å². The molecule has 2 saturated heterocycles. The van der Waals surface area contributed by atoms with Crippen molar-refractivity contribution in [3.8, 4) is 22.5 Å². The molecule has 12 nitrogen and oxygen atoms in total. The Morgan fingerprint density at radius 2 is 0.959 bits per heavy atom. The van der Waals surface area contributed by atoms with E-state index in [1.807, 2.05) is 0 Å². The number of aromatic nitrogens is 2. The lowest BCUT2D eigenvalue weighted by atomic mass is 9.95. The van der Waals surface area contributed by atoms with Gasteiger partial charge in [-0.1, -0.05) is 36.4 Å². The Kier molecular flexibility index (Phi) is 17.7. The van der Waals surface area contributed by atoms with Crippen LogP contribution in [0.3, 0.4) is 0 Å². The minimum atomic E-state index is -4.17. The lowest BCUT2D eigenvalue weighted by molar-refractivity contribution is -0.160. The first-order valence-corrected chi connectivity index (χ1v) is 27.6. The minimum absolute atomic E-state index is 0.00506. The molecule has 3 aliphatic rings. The van der Waals surface area contributed by atoms with Gasteiger partial charge >= 0.3 is 24.3 Å². The van der Waals surface area contributed by atoms with Crippen LogP contribution in [-0.4, -0.2) is 109 Å². The summed E-state index contributed by atoms with van der Waals surface area (Å²) in [6, 6.07) is 19.7. The summed E-state index contributed by atoms with van der Waals surface area (Å²) in [5.74, 6) is -1.44. The molecule has 400 valence electrons. The van der Waals surface area contributed by atoms with Crippen LogP contribution in [0.4, 0.5) is 26.3 Å². The van der Waals surface area contributed by atoms with Crippen molar-refractivity contribution >= 4 is 31.6 Å². The molecule has 1 saturated carbocycles. The van der Waals surface area contributed by atoms with Gasteiger partial charge < -0.3 is 19.7 Å². The fourth-order valence-corrected chi connectivity index (χ4v) is 12.8. The Labute approximate surface area is 424 Å². The van der Waals surface area contributed by atoms with Crippen molar-refractivity contribution < 1.29 is 62.2 Å². The van der Waals surface area contributed by atoms with Gasteiger partial charge in [-0.25, -0.2) is 16.8 Å². The maximum atomic E-state index is 14.0. The average molecular weight is 1070 g/mol. The van der Waals surface area contributed by atoms with E-state index in [-0.39, 0.29) is 61.2 Å². The fraction of sp³-hybridized carbons (Fsp3) is 0.547. The zero-order valence-electron chi connectivity index (χ0n) is 42.2. The molecule has 1 N–H and O–H groups in total. The molecule has 0 bridgehead atoms. The summed E-state index contributed by atoms with van der Waals surface area (Å²) < 4.78 is 137. The lowest BCUT2D eigenvalue weighted by Crippen LogP contribution is -2.56. The molecule has 0 unspecified atom stereocenters. The topological polar surface area (TPSA) is 162 Å². The molecule has 0 radical (unpaired) electrons. The predicted octanol–water partition coefficient (Wildman–Crippen LogP) is 10.6. The van der Waals surface area contributed by atoms with Gasteiger partial charge in [0.05, 0.1) is 21.2 Å². The molecule has 4 aromatic rings. The van der Waals surface area contributed by atoms with Crippen molar-refractivity contribution in [3.05, 3.63) is 96.3 Å². The molecule has 0 atom stereocenters. The standard InChI is InChI=1S/C28H35F3N2O4S.C25H31F3N2O4S/c1-26(2,3)37-25(34)27(15-17-33(18-16-27)22-9-10-22)38(35,36)23-11-7-21(8-12-23)24-13-6-20(19-32-24)5-4-14-28(29,30)31;1-23(2,3)34-22(31)24(13-15-29-16-14-24)35(32,33)20-9-7-19(8-10-20)21-11-6-18(17-30-21)5-4-12-25(26,27)28/h6-8,11-13,19,22H,4-5,9-10,14-18H2,1-3H3;6-11,17,29H,4-5,12-16H2,1-3H3. The molecule has 2 aromatic heterocycles. The molecule has 4 heterocycles. The number of carbonyl (C=O) groups excluding carboxylic acids is 2. The van der Waals surface area contributed by atoms with Crippen LogP contribution in [0.1, 0.15) is 117 Å². The number of piperidine rings is 2. The van der Waals surface area contributed by atoms with E-state index in [2.05, 4.69) is 20.2 Å². The summed E-state index contributed by atoms with van der Waals surface area (Å²) in [6.07, 6.45) is -3.62. The van der Waals surface area contributed by atoms with Crippen molar-refractivity contribution in [2.45, 2.75) is 167 Å². The van der Waals surface area contributed by atoms with Crippen molar-refractivity contribution in [2.75, 3.05) is 26.2 Å². The molecule has 1 aliphatic carbocycles. The Morgan fingerprint density at radius 3 is 1.27 bits per heavy atom. The highest BCUT2D eigenvalue weighted by Gasteiger charge is 2.56. The van der Waals surface area contributed by atoms with Crippen molar-refractivity contribution in [1.82, 2.24) is 20.2 Å². The number of aryl methyl sites for hydroxylation is 2. The second-order valence-corrected chi connectivity index (χ2v) is 25.6. The first-order chi connectivity index (χ1) is 33.9. The molecule has 2 aliphatic heterocycles. The third-order valence-corrected chi connectivity index (χ3v) is 18.1. The SMILES string of the molecule is CC(C)(C)OC(=O)C1(S(=O)(=O)c2ccc(-c3ccc(CCCC(F)(F)F)cn3)cc2)CCN(C2CC2)CC1.CC(C)(C)OC(=O)C1(S(=O)(=O)c2ccc(-c3ccc(CCCC(F)(F)F)cn3)cc2)CCNCC1. The van der Waals surface area contributed by atoms with Gasteiger partial charge in [0.15, 0.2) is 29.2 Å². The predicted molar refractivity (Wildman–Crippen MR) is 265 cm³/mol. The molecule has 0 amide bonds. The van der Waals surface area contributed by atoms with E-state index in [1.165, 1.54) is 30.5 Å². The highest BCUT2D eigenvalue weighted by molar-refractivity contribution is 7.94. The van der Waals surface area contributed by atoms with E-state index in [0.717, 1.165) is 12.8 Å². The van der Waals surface area contributed by atoms with Crippen LogP contribution in [0, 0.1) is 0 Å². The fourth-order valence-electron chi connectivity index (χ4n) is 8.96. The number of hydrogen-bond donors (Lipinski definition) is 1. The maximum absolute atomic E-state index is 14.0. The monoisotopic (exact) mass is 1060 g/mol. The van der Waals surface area contributed by atoms with Crippen LogP contribution in [0.15, 0.2) is 95.0 Å². The van der Waals surface area contributed by atoms with Crippen molar-refractivity contribution in [2.24, 2.45) is 0 Å². The molecular formula is C53H66F6N4O8S2. The van der Waals surface area contributed by atoms with Crippen molar-refractivity contribution in [1.29, 1.82) is 0 Å². The van der Waals surface area contributed by atoms with Gasteiger partial charge in [-0.05, 0) is 166 Å². The summed E-state index contributed by atoms with van der Waals surface area (Å²) in [7, 11) is -8.12. The third kappa shape index (κ3) is 14.9. The number of benzene rings is 2. The normalized spacial score (nSPS) is 17.8. The number of likely N-dealkylation sites (tertiary alicyclic amines) is 1. The number of nitrogens with one attached hydrogen (secondary N) is 1. The molecule has 3 fully saturated rings. The Hall–Kier alpha value is -4.92. The number of carbonyl (C=O) groups is 2. The molecule has 0 spiro atoms. The highest BCUT2D eigenvalue weighted by atomic mass is 32.2. The Bertz CT molecular complexity index is 2720. The van der Waals surface area contributed by atoms with Crippen LogP contribution in [0.25, 0.3) is 22.5 Å². The van der Waals surface area contributed by atoms with Gasteiger partial charge in [0.1, 0.15) is 11.2 Å². The summed E-state index contributed by atoms with van der Waals surface area (Å²) in [4.78, 5) is 37.5. The van der Waals surface area contributed by atoms with E-state index in [9.17, 15) is 52.8 Å². The zero-order valence-corrected chi connectivity index (χ0v) is 43.8. The summed E-state index contributed by atoms with van der Waals surface area (Å²) in [5.41, 5.74) is 2.23. The van der Waals surface area contributed by atoms with Gasteiger partial charge in [-0.15, -0.1) is 0 Å². The highest BCUT2D eigenvalue weighted by Crippen LogP contribution is 2.42. The number of ether oxygens (including phenoxy) is 2. The van der Waals surface area contributed by atoms with Gasteiger partial charge in [0, 0.05) is 55.5 Å². The van der Waals surface area contributed by atoms with E-state index >= 15 is 0 Å². The van der Waals surface area contributed by atoms with Gasteiger partial charge in [-0.3, -0.25) is 19.6 Å². The molecular weight excluding hydrogens is 999 g/mol. The number of pyridine rings is 2. The van der Waals surface area contributed by atoms with Crippen LogP contribution in [-0.2, 0) is 51.6 Å². The second kappa shape index (κ2) is 22.5. The summed E-state index contributed by atoms with van der Waals surface area (Å²) >= 11 is 0. The number of rotatable bonds is 15. The first-order valence-electron chi connectivity index (χ1n) is 24.6. The van der Waals surface area contributed by atoms with Gasteiger partial charge in [0.2, 0.25) is 0 Å². The average Bonchev–Trinajstić information content (AvgIpc) is 4.17. The second-order valence-electron chi connectivity index (χ2n) is 21.1. The Balaban J connectivity index is 0.000000239. The Morgan fingerprint density at radius 1 is 0.589 bits per heavy atom. The third-order valence-electron chi connectivity index (χ3n) is 13.1. The maximum Gasteiger partial charge on any atom is 0.389 e. The molecule has 73 heavy (non-hydrogen) atoms. The van der Waals surface area contributed by atoms with Gasteiger partial charge in [-0.2, -0.15) is 26.3 Å². The lowest BCUT2D eigenvalue weighted by Gasteiger charge is -2.40. The van der Waals surface area contributed by atoms with Crippen LogP contribution in [0.5, 0.6) is 0 Å². The first kappa shape index (κ1) is 57.4. The van der Waals surface area contributed by atoms with Crippen LogP contribution in [0.2, 0.25) is 0 Å². The van der Waals surface area contributed by atoms with Crippen molar-refractivity contribution in [3.63, 3.8) is 0 Å². The minimum Gasteiger partial charge on any atom is -0.459 e. The summed E-state index contributed by atoms with van der Waals surface area (Å²) in [5, 5.41) is 3.10. The van der Waals surface area contributed by atoms with Crippen LogP contribution >= 0.6 is 0 Å². The zero-order chi connectivity index (χ0) is 53.7. The number of nitrogens with zero attached hydrogens (tertiary/aromatic N) is 3. The molecule has 2 aromatic carbocycles. The number of hydrogen-bond acceptors (Lipinski definition) is 12. The quantitative estimate of drug-likeness (QED) is 0.0887. The molecule has 7 rings (SSSR count). The van der Waals surface area contributed by atoms with Gasteiger partial charge in [0.25, 0.3) is 0 Å².